The first-order valence-electron chi connectivity index (χ1n) is 12.3. The highest BCUT2D eigenvalue weighted by molar-refractivity contribution is 7.17. The third-order valence-corrected chi connectivity index (χ3v) is 8.43. The van der Waals surface area contributed by atoms with Gasteiger partial charge in [0.05, 0.1) is 11.0 Å². The fourth-order valence-corrected chi connectivity index (χ4v) is 5.92. The Morgan fingerprint density at radius 2 is 2.03 bits per heavy atom. The number of carbonyl (C=O) groups excluding carboxylic acids is 2. The van der Waals surface area contributed by atoms with Gasteiger partial charge in [0.1, 0.15) is 11.5 Å². The molecule has 0 aromatic carbocycles. The minimum absolute atomic E-state index is 0.0465. The maximum atomic E-state index is 13.5. The van der Waals surface area contributed by atoms with Gasteiger partial charge in [0.25, 0.3) is 11.8 Å². The number of hydrogen-bond acceptors (Lipinski definition) is 7. The van der Waals surface area contributed by atoms with Crippen LogP contribution in [0.4, 0.5) is 5.82 Å². The zero-order valence-electron chi connectivity index (χ0n) is 20.0. The standard InChI is InChI=1S/C25H33N5O3S/c1-13-9-20(27-15(3)16-6-7-16)26-12-19(13)22-21(25(33)30-8-4-5-14(30)2)29-24(34-22)23(32)28-17-10-18(31)11-17/h9,12,14-18,31H,4-8,10-11H2,1-3H3,(H,26,27)(H,28,32)/t14-,15-,17?,18?/m0/s1. The molecule has 1 saturated heterocycles. The summed E-state index contributed by atoms with van der Waals surface area (Å²) in [5.41, 5.74) is 2.15. The molecule has 2 aromatic heterocycles. The molecule has 34 heavy (non-hydrogen) atoms. The molecular formula is C25H33N5O3S. The van der Waals surface area contributed by atoms with Gasteiger partial charge in [-0.3, -0.25) is 9.59 Å². The Morgan fingerprint density at radius 1 is 1.26 bits per heavy atom. The summed E-state index contributed by atoms with van der Waals surface area (Å²) in [6.45, 7) is 6.95. The van der Waals surface area contributed by atoms with Crippen LogP contribution in [-0.2, 0) is 0 Å². The molecule has 2 aliphatic carbocycles. The van der Waals surface area contributed by atoms with Crippen molar-refractivity contribution < 1.29 is 14.7 Å². The molecule has 2 atom stereocenters. The number of rotatable bonds is 7. The number of aryl methyl sites for hydroxylation is 1. The Kier molecular flexibility index (Phi) is 6.33. The summed E-state index contributed by atoms with van der Waals surface area (Å²) in [5, 5.41) is 16.2. The Balaban J connectivity index is 1.45. The van der Waals surface area contributed by atoms with E-state index >= 15 is 0 Å². The molecule has 2 saturated carbocycles. The van der Waals surface area contributed by atoms with Crippen LogP contribution in [0.25, 0.3) is 10.4 Å². The Labute approximate surface area is 204 Å². The Bertz CT molecular complexity index is 1090. The molecule has 8 nitrogen and oxygen atoms in total. The van der Waals surface area contributed by atoms with Crippen LogP contribution in [0.2, 0.25) is 0 Å². The molecule has 3 aliphatic rings. The molecular weight excluding hydrogens is 450 g/mol. The van der Waals surface area contributed by atoms with Crippen molar-refractivity contribution in [2.24, 2.45) is 5.92 Å². The predicted molar refractivity (Wildman–Crippen MR) is 132 cm³/mol. The van der Waals surface area contributed by atoms with Crippen molar-refractivity contribution in [3.8, 4) is 10.4 Å². The van der Waals surface area contributed by atoms with Gasteiger partial charge < -0.3 is 20.6 Å². The van der Waals surface area contributed by atoms with Crippen LogP contribution in [0.15, 0.2) is 12.3 Å². The van der Waals surface area contributed by atoms with Crippen molar-refractivity contribution in [3.05, 3.63) is 28.5 Å². The molecule has 2 aromatic rings. The van der Waals surface area contributed by atoms with E-state index in [-0.39, 0.29) is 35.0 Å². The fourth-order valence-electron chi connectivity index (χ4n) is 4.89. The first-order chi connectivity index (χ1) is 16.3. The summed E-state index contributed by atoms with van der Waals surface area (Å²) in [5.74, 6) is 1.12. The van der Waals surface area contributed by atoms with Gasteiger partial charge in [0.15, 0.2) is 5.01 Å². The third kappa shape index (κ3) is 4.68. The number of amides is 2. The number of pyridine rings is 1. The van der Waals surface area contributed by atoms with E-state index in [1.807, 2.05) is 17.9 Å². The number of carbonyl (C=O) groups is 2. The van der Waals surface area contributed by atoms with Crippen LogP contribution >= 0.6 is 11.3 Å². The number of aliphatic hydroxyl groups excluding tert-OH is 1. The Morgan fingerprint density at radius 3 is 2.65 bits per heavy atom. The molecule has 0 spiro atoms. The summed E-state index contributed by atoms with van der Waals surface area (Å²) in [6, 6.07) is 2.51. The molecule has 1 aliphatic heterocycles. The second-order valence-corrected chi connectivity index (χ2v) is 11.1. The molecule has 2 amide bonds. The van der Waals surface area contributed by atoms with Crippen LogP contribution < -0.4 is 10.6 Å². The van der Waals surface area contributed by atoms with Gasteiger partial charge in [0.2, 0.25) is 0 Å². The summed E-state index contributed by atoms with van der Waals surface area (Å²) in [6.07, 6.45) is 7.02. The van der Waals surface area contributed by atoms with E-state index in [2.05, 4.69) is 34.4 Å². The van der Waals surface area contributed by atoms with Gasteiger partial charge in [-0.25, -0.2) is 9.97 Å². The number of likely N-dealkylation sites (tertiary alicyclic amines) is 1. The van der Waals surface area contributed by atoms with Crippen molar-refractivity contribution in [2.45, 2.75) is 83.5 Å². The number of aromatic nitrogens is 2. The van der Waals surface area contributed by atoms with Crippen LogP contribution in [0.3, 0.4) is 0 Å². The monoisotopic (exact) mass is 483 g/mol. The molecule has 0 bridgehead atoms. The number of hydrogen-bond donors (Lipinski definition) is 3. The van der Waals surface area contributed by atoms with Gasteiger partial charge in [-0.15, -0.1) is 11.3 Å². The predicted octanol–water partition coefficient (Wildman–Crippen LogP) is 3.60. The lowest BCUT2D eigenvalue weighted by molar-refractivity contribution is 0.0562. The second-order valence-electron chi connectivity index (χ2n) is 10.1. The van der Waals surface area contributed by atoms with E-state index in [0.717, 1.165) is 29.8 Å². The van der Waals surface area contributed by atoms with E-state index in [1.165, 1.54) is 24.2 Å². The average molecular weight is 484 g/mol. The number of nitrogens with zero attached hydrogens (tertiary/aromatic N) is 3. The lowest BCUT2D eigenvalue weighted by atomic mass is 9.89. The first kappa shape index (κ1) is 23.2. The summed E-state index contributed by atoms with van der Waals surface area (Å²) >= 11 is 1.24. The summed E-state index contributed by atoms with van der Waals surface area (Å²) in [4.78, 5) is 38.1. The van der Waals surface area contributed by atoms with Crippen LogP contribution in [0.5, 0.6) is 0 Å². The Hall–Kier alpha value is -2.52. The number of aliphatic hydroxyl groups is 1. The molecule has 3 N–H and O–H groups in total. The highest BCUT2D eigenvalue weighted by Crippen LogP contribution is 2.37. The molecule has 0 unspecified atom stereocenters. The van der Waals surface area contributed by atoms with Crippen molar-refractivity contribution in [3.63, 3.8) is 0 Å². The van der Waals surface area contributed by atoms with E-state index in [1.54, 1.807) is 6.20 Å². The highest BCUT2D eigenvalue weighted by atomic mass is 32.1. The van der Waals surface area contributed by atoms with Gasteiger partial charge >= 0.3 is 0 Å². The topological polar surface area (TPSA) is 107 Å². The molecule has 3 heterocycles. The van der Waals surface area contributed by atoms with Gasteiger partial charge in [-0.2, -0.15) is 0 Å². The van der Waals surface area contributed by atoms with E-state index in [0.29, 0.717) is 41.9 Å². The normalized spacial score (nSPS) is 25.1. The third-order valence-electron chi connectivity index (χ3n) is 7.35. The van der Waals surface area contributed by atoms with E-state index in [9.17, 15) is 14.7 Å². The molecule has 3 fully saturated rings. The first-order valence-corrected chi connectivity index (χ1v) is 13.2. The van der Waals surface area contributed by atoms with Crippen LogP contribution in [0, 0.1) is 12.8 Å². The smallest absolute Gasteiger partial charge is 0.280 e. The fraction of sp³-hybridized carbons (Fsp3) is 0.600. The SMILES string of the molecule is Cc1cc(N[C@@H](C)C2CC2)ncc1-c1sc(C(=O)NC2CC(O)C2)nc1C(=O)N1CCC[C@@H]1C. The van der Waals surface area contributed by atoms with E-state index in [4.69, 9.17) is 0 Å². The molecule has 0 radical (unpaired) electrons. The van der Waals surface area contributed by atoms with Crippen LogP contribution in [0.1, 0.15) is 78.2 Å². The van der Waals surface area contributed by atoms with E-state index < -0.39 is 0 Å². The van der Waals surface area contributed by atoms with Crippen molar-refractivity contribution in [1.82, 2.24) is 20.2 Å². The van der Waals surface area contributed by atoms with Gasteiger partial charge in [-0.05, 0) is 76.8 Å². The summed E-state index contributed by atoms with van der Waals surface area (Å²) in [7, 11) is 0. The lowest BCUT2D eigenvalue weighted by Gasteiger charge is -2.31. The highest BCUT2D eigenvalue weighted by Gasteiger charge is 2.34. The lowest BCUT2D eigenvalue weighted by Crippen LogP contribution is -2.46. The van der Waals surface area contributed by atoms with Gasteiger partial charge in [-0.1, -0.05) is 0 Å². The minimum Gasteiger partial charge on any atom is -0.393 e. The van der Waals surface area contributed by atoms with Gasteiger partial charge in [0, 0.05) is 36.4 Å². The van der Waals surface area contributed by atoms with Crippen molar-refractivity contribution in [1.29, 1.82) is 0 Å². The largest absolute Gasteiger partial charge is 0.393 e. The second kappa shape index (κ2) is 9.26. The van der Waals surface area contributed by atoms with Crippen molar-refractivity contribution >= 4 is 29.0 Å². The molecule has 5 rings (SSSR count). The van der Waals surface area contributed by atoms with Crippen molar-refractivity contribution in [2.75, 3.05) is 11.9 Å². The van der Waals surface area contributed by atoms with Crippen LogP contribution in [-0.4, -0.2) is 62.6 Å². The minimum atomic E-state index is -0.352. The molecule has 182 valence electrons. The number of thiazole rings is 1. The zero-order chi connectivity index (χ0) is 24.0. The average Bonchev–Trinajstić information content (AvgIpc) is 3.40. The quantitative estimate of drug-likeness (QED) is 0.555. The maximum Gasteiger partial charge on any atom is 0.280 e. The number of nitrogens with one attached hydrogen (secondary N) is 2. The summed E-state index contributed by atoms with van der Waals surface area (Å²) < 4.78 is 0. The number of anilines is 1. The maximum absolute atomic E-state index is 13.5. The molecule has 9 heteroatoms. The zero-order valence-corrected chi connectivity index (χ0v) is 20.8.